The summed E-state index contributed by atoms with van der Waals surface area (Å²) in [6, 6.07) is 8.50. The number of fused-ring (bicyclic) bond motifs is 1. The molecule has 0 aliphatic carbocycles. The van der Waals surface area contributed by atoms with Crippen molar-refractivity contribution in [2.45, 2.75) is 58.7 Å². The number of carbonyl (C=O) groups excluding carboxylic acids is 3. The molecule has 3 atom stereocenters. The summed E-state index contributed by atoms with van der Waals surface area (Å²) in [5, 5.41) is 8.01. The highest BCUT2D eigenvalue weighted by Crippen LogP contribution is 2.16. The van der Waals surface area contributed by atoms with Gasteiger partial charge in [0.2, 0.25) is 5.91 Å². The molecule has 9 heteroatoms. The summed E-state index contributed by atoms with van der Waals surface area (Å²) in [4.78, 5) is 41.3. The second-order valence-corrected chi connectivity index (χ2v) is 9.47. The number of amides is 3. The highest BCUT2D eigenvalue weighted by molar-refractivity contribution is 6.00. The molecular formula is C25H36FN5O3. The summed E-state index contributed by atoms with van der Waals surface area (Å²) < 4.78 is 14.5. The summed E-state index contributed by atoms with van der Waals surface area (Å²) >= 11 is 0. The highest BCUT2D eigenvalue weighted by Gasteiger charge is 2.30. The summed E-state index contributed by atoms with van der Waals surface area (Å²) in [7, 11) is 0. The number of nitrogens with one attached hydrogen (secondary N) is 4. The van der Waals surface area contributed by atoms with Crippen LogP contribution >= 0.6 is 0 Å². The summed E-state index contributed by atoms with van der Waals surface area (Å²) in [6.07, 6.45) is 0.991. The third kappa shape index (κ3) is 7.03. The number of nitrogens with zero attached hydrogens (tertiary/aromatic N) is 1. The Morgan fingerprint density at radius 2 is 2.03 bits per heavy atom. The van der Waals surface area contributed by atoms with Crippen LogP contribution in [-0.2, 0) is 9.59 Å². The Kier molecular flexibility index (Phi) is 9.04. The van der Waals surface area contributed by atoms with E-state index >= 15 is 0 Å². The molecule has 0 radical (unpaired) electrons. The molecule has 186 valence electrons. The number of para-hydroxylation sites is 1. The number of aromatic nitrogens is 1. The average Bonchev–Trinajstić information content (AvgIpc) is 3.39. The lowest BCUT2D eigenvalue weighted by molar-refractivity contribution is -0.131. The van der Waals surface area contributed by atoms with Gasteiger partial charge in [0.05, 0.1) is 5.92 Å². The van der Waals surface area contributed by atoms with Crippen molar-refractivity contribution in [2.75, 3.05) is 19.6 Å². The van der Waals surface area contributed by atoms with Crippen molar-refractivity contribution >= 4 is 28.6 Å². The molecule has 1 aliphatic heterocycles. The van der Waals surface area contributed by atoms with Crippen LogP contribution in [-0.4, -0.2) is 59.6 Å². The molecular weight excluding hydrogens is 437 g/mol. The van der Waals surface area contributed by atoms with Crippen LogP contribution in [0.15, 0.2) is 30.3 Å². The van der Waals surface area contributed by atoms with Gasteiger partial charge in [-0.05, 0) is 37.3 Å². The fraction of sp³-hybridized carbons (Fsp3) is 0.560. The summed E-state index contributed by atoms with van der Waals surface area (Å²) in [6.45, 7) is 6.64. The van der Waals surface area contributed by atoms with Crippen molar-refractivity contribution in [2.24, 2.45) is 11.8 Å². The summed E-state index contributed by atoms with van der Waals surface area (Å²) in [5.41, 5.74) is 4.00. The van der Waals surface area contributed by atoms with Gasteiger partial charge in [0.1, 0.15) is 17.9 Å². The van der Waals surface area contributed by atoms with Crippen molar-refractivity contribution in [1.29, 1.82) is 0 Å². The number of hydrazine groups is 1. The second-order valence-electron chi connectivity index (χ2n) is 9.47. The minimum atomic E-state index is -1.13. The maximum absolute atomic E-state index is 14.5. The molecule has 4 N–H and O–H groups in total. The normalized spacial score (nSPS) is 17.7. The third-order valence-electron chi connectivity index (χ3n) is 6.00. The molecule has 34 heavy (non-hydrogen) atoms. The number of aromatic amines is 1. The number of rotatable bonds is 12. The fourth-order valence-corrected chi connectivity index (χ4v) is 4.26. The van der Waals surface area contributed by atoms with Crippen LogP contribution in [0, 0.1) is 11.8 Å². The molecule has 2 aromatic rings. The van der Waals surface area contributed by atoms with Gasteiger partial charge in [0.25, 0.3) is 11.8 Å². The van der Waals surface area contributed by atoms with Gasteiger partial charge in [0, 0.05) is 30.5 Å². The number of hydrogen-bond acceptors (Lipinski definition) is 4. The Labute approximate surface area is 200 Å². The smallest absolute Gasteiger partial charge is 0.268 e. The number of halogens is 1. The van der Waals surface area contributed by atoms with Crippen molar-refractivity contribution in [3.8, 4) is 0 Å². The Morgan fingerprint density at radius 3 is 2.68 bits per heavy atom. The molecule has 3 rings (SSSR count). The van der Waals surface area contributed by atoms with Crippen LogP contribution in [0.5, 0.6) is 0 Å². The fourth-order valence-electron chi connectivity index (χ4n) is 4.26. The first-order valence-corrected chi connectivity index (χ1v) is 12.1. The maximum atomic E-state index is 14.5. The first-order valence-electron chi connectivity index (χ1n) is 12.1. The maximum Gasteiger partial charge on any atom is 0.268 e. The Morgan fingerprint density at radius 1 is 1.26 bits per heavy atom. The molecule has 0 saturated carbocycles. The van der Waals surface area contributed by atoms with Crippen LogP contribution in [0.1, 0.15) is 56.9 Å². The highest BCUT2D eigenvalue weighted by atomic mass is 19.1. The SMILES string of the molecule is CCCC(F)CN(C[C@H]1CCNC1=O)NC(=O)[C@H](CC(C)C)NC(=O)c1cc2ccccc2[nH]1. The van der Waals surface area contributed by atoms with E-state index in [1.54, 1.807) is 6.07 Å². The molecule has 2 heterocycles. The second kappa shape index (κ2) is 12.0. The van der Waals surface area contributed by atoms with E-state index in [-0.39, 0.29) is 36.7 Å². The van der Waals surface area contributed by atoms with E-state index in [1.807, 2.05) is 45.0 Å². The van der Waals surface area contributed by atoms with E-state index in [0.29, 0.717) is 37.9 Å². The van der Waals surface area contributed by atoms with Gasteiger partial charge >= 0.3 is 0 Å². The molecule has 0 bridgehead atoms. The molecule has 1 aliphatic rings. The van der Waals surface area contributed by atoms with Gasteiger partial charge in [-0.25, -0.2) is 9.40 Å². The quantitative estimate of drug-likeness (QED) is 0.356. The molecule has 1 saturated heterocycles. The van der Waals surface area contributed by atoms with Crippen LogP contribution < -0.4 is 16.1 Å². The van der Waals surface area contributed by atoms with Gasteiger partial charge in [0.15, 0.2) is 0 Å². The van der Waals surface area contributed by atoms with E-state index in [4.69, 9.17) is 0 Å². The van der Waals surface area contributed by atoms with Gasteiger partial charge in [-0.3, -0.25) is 19.8 Å². The van der Waals surface area contributed by atoms with Crippen molar-refractivity contribution < 1.29 is 18.8 Å². The lowest BCUT2D eigenvalue weighted by Gasteiger charge is -2.29. The van der Waals surface area contributed by atoms with Crippen molar-refractivity contribution in [3.63, 3.8) is 0 Å². The molecule has 1 unspecified atom stereocenters. The first-order chi connectivity index (χ1) is 16.3. The molecule has 1 aromatic carbocycles. The molecule has 3 amide bonds. The lowest BCUT2D eigenvalue weighted by Crippen LogP contribution is -2.55. The monoisotopic (exact) mass is 473 g/mol. The van der Waals surface area contributed by atoms with Gasteiger partial charge in [-0.1, -0.05) is 45.4 Å². The summed E-state index contributed by atoms with van der Waals surface area (Å²) in [5.74, 6) is -1.05. The van der Waals surface area contributed by atoms with Gasteiger partial charge in [-0.2, -0.15) is 0 Å². The number of carbonyl (C=O) groups is 3. The van der Waals surface area contributed by atoms with Crippen LogP contribution in [0.25, 0.3) is 10.9 Å². The number of hydrogen-bond donors (Lipinski definition) is 4. The minimum Gasteiger partial charge on any atom is -0.356 e. The van der Waals surface area contributed by atoms with Gasteiger partial charge < -0.3 is 15.6 Å². The lowest BCUT2D eigenvalue weighted by atomic mass is 10.0. The Bertz CT molecular complexity index is 959. The number of alkyl halides is 1. The minimum absolute atomic E-state index is 0.00623. The predicted molar refractivity (Wildman–Crippen MR) is 130 cm³/mol. The molecule has 8 nitrogen and oxygen atoms in total. The van der Waals surface area contributed by atoms with E-state index in [1.165, 1.54) is 5.01 Å². The van der Waals surface area contributed by atoms with E-state index in [2.05, 4.69) is 21.0 Å². The topological polar surface area (TPSA) is 106 Å². The number of benzene rings is 1. The average molecular weight is 474 g/mol. The zero-order valence-corrected chi connectivity index (χ0v) is 20.2. The Hall–Kier alpha value is -2.94. The standard InChI is InChI=1S/C25H36FN5O3/c1-4-7-19(26)15-31(14-18-10-11-27-23(18)32)30-25(34)21(12-16(2)3)29-24(33)22-13-17-8-5-6-9-20(17)28-22/h5-6,8-9,13,16,18-19,21,28H,4,7,10-12,14-15H2,1-3H3,(H,27,32)(H,29,33)(H,30,34)/t18-,19?,21+/m1/s1. The predicted octanol–water partition coefficient (Wildman–Crippen LogP) is 2.92. The van der Waals surface area contributed by atoms with Crippen LogP contribution in [0.3, 0.4) is 0 Å². The first kappa shape index (κ1) is 25.7. The van der Waals surface area contributed by atoms with E-state index in [0.717, 1.165) is 10.9 Å². The Balaban J connectivity index is 1.71. The van der Waals surface area contributed by atoms with E-state index < -0.39 is 18.1 Å². The van der Waals surface area contributed by atoms with Crippen molar-refractivity contribution in [1.82, 2.24) is 26.1 Å². The zero-order valence-electron chi connectivity index (χ0n) is 20.2. The third-order valence-corrected chi connectivity index (χ3v) is 6.00. The van der Waals surface area contributed by atoms with Crippen LogP contribution in [0.4, 0.5) is 4.39 Å². The molecule has 1 aromatic heterocycles. The number of H-pyrrole nitrogens is 1. The largest absolute Gasteiger partial charge is 0.356 e. The zero-order chi connectivity index (χ0) is 24.7. The van der Waals surface area contributed by atoms with Crippen LogP contribution in [0.2, 0.25) is 0 Å². The molecule has 0 spiro atoms. The molecule has 1 fully saturated rings. The van der Waals surface area contributed by atoms with Crippen molar-refractivity contribution in [3.05, 3.63) is 36.0 Å². The van der Waals surface area contributed by atoms with Gasteiger partial charge in [-0.15, -0.1) is 0 Å². The van der Waals surface area contributed by atoms with E-state index in [9.17, 15) is 18.8 Å².